The van der Waals surface area contributed by atoms with E-state index in [9.17, 15) is 9.59 Å². The van der Waals surface area contributed by atoms with Gasteiger partial charge in [-0.25, -0.2) is 0 Å². The van der Waals surface area contributed by atoms with E-state index in [0.717, 1.165) is 6.42 Å². The van der Waals surface area contributed by atoms with Crippen LogP contribution in [0.5, 0.6) is 0 Å². The smallest absolute Gasteiger partial charge is 0.311 e. The number of piperidine rings is 2. The number of rotatable bonds is 3. The Kier molecular flexibility index (Phi) is 5.24. The quantitative estimate of drug-likeness (QED) is 0.621. The molecule has 0 spiro atoms. The monoisotopic (exact) mass is 339 g/mol. The number of carbonyl (C=O) groups is 2. The molecule has 3 saturated heterocycles. The Morgan fingerprint density at radius 2 is 2.12 bits per heavy atom. The summed E-state index contributed by atoms with van der Waals surface area (Å²) in [7, 11) is 0. The Bertz CT molecular complexity index is 498. The van der Waals surface area contributed by atoms with Crippen LogP contribution in [0.2, 0.25) is 0 Å². The lowest BCUT2D eigenvalue weighted by atomic mass is 9.72. The summed E-state index contributed by atoms with van der Waals surface area (Å²) >= 11 is 0. The average molecular weight is 339 g/mol. The van der Waals surface area contributed by atoms with Gasteiger partial charge in [0.1, 0.15) is 12.0 Å². The van der Waals surface area contributed by atoms with Gasteiger partial charge >= 0.3 is 5.97 Å². The summed E-state index contributed by atoms with van der Waals surface area (Å²) < 4.78 is 11.2. The fourth-order valence-electron chi connectivity index (χ4n) is 4.19. The fourth-order valence-corrected chi connectivity index (χ4v) is 4.19. The highest BCUT2D eigenvalue weighted by molar-refractivity contribution is 5.86. The van der Waals surface area contributed by atoms with Crippen molar-refractivity contribution in [3.05, 3.63) is 0 Å². The number of esters is 1. The topological polar surface area (TPSA) is 103 Å². The molecule has 3 aliphatic heterocycles. The van der Waals surface area contributed by atoms with Crippen LogP contribution >= 0.6 is 0 Å². The van der Waals surface area contributed by atoms with Gasteiger partial charge in [0.2, 0.25) is 0 Å². The highest BCUT2D eigenvalue weighted by Crippen LogP contribution is 2.38. The van der Waals surface area contributed by atoms with Gasteiger partial charge in [-0.3, -0.25) is 14.9 Å². The largest absolute Gasteiger partial charge is 0.466 e. The summed E-state index contributed by atoms with van der Waals surface area (Å²) in [5.41, 5.74) is 6.07. The molecule has 7 heteroatoms. The zero-order valence-electron chi connectivity index (χ0n) is 14.7. The molecule has 3 aliphatic rings. The Morgan fingerprint density at radius 3 is 2.79 bits per heavy atom. The molecule has 0 bridgehead atoms. The molecule has 0 aromatic heterocycles. The van der Waals surface area contributed by atoms with Crippen LogP contribution in [0.3, 0.4) is 0 Å². The second-order valence-corrected chi connectivity index (χ2v) is 7.49. The van der Waals surface area contributed by atoms with Gasteiger partial charge in [0.25, 0.3) is 0 Å². The fraction of sp³-hybridized carbons (Fsp3) is 0.882. The van der Waals surface area contributed by atoms with E-state index in [0.29, 0.717) is 31.5 Å². The predicted octanol–water partition coefficient (Wildman–Crippen LogP) is -0.0119. The third-order valence-electron chi connectivity index (χ3n) is 5.65. The van der Waals surface area contributed by atoms with E-state index in [1.54, 1.807) is 6.92 Å². The van der Waals surface area contributed by atoms with E-state index in [4.69, 9.17) is 15.2 Å². The summed E-state index contributed by atoms with van der Waals surface area (Å²) in [6.07, 6.45) is 0.124. The SMILES string of the molecule is CCOC(=O)C1CC2C(=O)C3CC(C(C)C)NCC3OC2NC1N. The number of Topliss-reactive ketones (excluding diaryl/α,β-unsaturated/α-hetero) is 1. The Balaban J connectivity index is 1.73. The second-order valence-electron chi connectivity index (χ2n) is 7.49. The molecule has 7 unspecified atom stereocenters. The molecule has 3 heterocycles. The van der Waals surface area contributed by atoms with Crippen LogP contribution in [0.4, 0.5) is 0 Å². The summed E-state index contributed by atoms with van der Waals surface area (Å²) in [6, 6.07) is 0.329. The summed E-state index contributed by atoms with van der Waals surface area (Å²) in [4.78, 5) is 25.2. The van der Waals surface area contributed by atoms with Crippen LogP contribution in [-0.2, 0) is 19.1 Å². The highest BCUT2D eigenvalue weighted by atomic mass is 16.5. The zero-order valence-corrected chi connectivity index (χ0v) is 14.7. The second kappa shape index (κ2) is 7.07. The molecular formula is C17H29N3O4. The molecular weight excluding hydrogens is 310 g/mol. The highest BCUT2D eigenvalue weighted by Gasteiger charge is 2.52. The third-order valence-corrected chi connectivity index (χ3v) is 5.65. The molecule has 3 rings (SSSR count). The lowest BCUT2D eigenvalue weighted by Crippen LogP contribution is -2.67. The minimum absolute atomic E-state index is 0.0983. The number of nitrogens with two attached hydrogens (primary N) is 1. The first-order chi connectivity index (χ1) is 11.4. The molecule has 0 aromatic rings. The molecule has 0 aliphatic carbocycles. The summed E-state index contributed by atoms with van der Waals surface area (Å²) in [5, 5.41) is 6.59. The molecule has 4 N–H and O–H groups in total. The van der Waals surface area contributed by atoms with Crippen LogP contribution in [0.1, 0.15) is 33.6 Å². The average Bonchev–Trinajstić information content (AvgIpc) is 2.54. The van der Waals surface area contributed by atoms with Crippen LogP contribution < -0.4 is 16.4 Å². The lowest BCUT2D eigenvalue weighted by Gasteiger charge is -2.49. The minimum atomic E-state index is -0.547. The first-order valence-electron chi connectivity index (χ1n) is 9.03. The number of fused-ring (bicyclic) bond motifs is 2. The maximum atomic E-state index is 13.1. The molecule has 0 radical (unpaired) electrons. The third kappa shape index (κ3) is 3.22. The van der Waals surface area contributed by atoms with Crippen molar-refractivity contribution >= 4 is 11.8 Å². The van der Waals surface area contributed by atoms with Gasteiger partial charge in [-0.2, -0.15) is 0 Å². The van der Waals surface area contributed by atoms with Gasteiger partial charge in [-0.05, 0) is 25.7 Å². The summed E-state index contributed by atoms with van der Waals surface area (Å²) in [5.74, 6) is -0.585. The number of ketones is 1. The first-order valence-corrected chi connectivity index (χ1v) is 9.03. The van der Waals surface area contributed by atoms with Crippen molar-refractivity contribution in [1.29, 1.82) is 0 Å². The van der Waals surface area contributed by atoms with E-state index in [1.807, 2.05) is 0 Å². The number of ether oxygens (including phenoxy) is 2. The molecule has 0 saturated carbocycles. The van der Waals surface area contributed by atoms with Crippen molar-refractivity contribution in [2.24, 2.45) is 29.4 Å². The van der Waals surface area contributed by atoms with Crippen molar-refractivity contribution in [3.63, 3.8) is 0 Å². The zero-order chi connectivity index (χ0) is 17.4. The van der Waals surface area contributed by atoms with Crippen molar-refractivity contribution in [1.82, 2.24) is 10.6 Å². The molecule has 7 atom stereocenters. The standard InChI is InChI=1S/C17H29N3O4/c1-4-23-17(22)11-5-10-14(21)9-6-12(8(2)3)19-7-13(9)24-16(10)20-15(11)18/h8-13,15-16,19-20H,4-7,18H2,1-3H3. The number of nitrogens with one attached hydrogen (secondary N) is 2. The predicted molar refractivity (Wildman–Crippen MR) is 87.7 cm³/mol. The maximum Gasteiger partial charge on any atom is 0.311 e. The van der Waals surface area contributed by atoms with Crippen LogP contribution in [0.15, 0.2) is 0 Å². The molecule has 0 amide bonds. The Morgan fingerprint density at radius 1 is 1.38 bits per heavy atom. The molecule has 7 nitrogen and oxygen atoms in total. The molecule has 3 fully saturated rings. The van der Waals surface area contributed by atoms with Gasteiger partial charge in [0, 0.05) is 18.5 Å². The van der Waals surface area contributed by atoms with E-state index in [2.05, 4.69) is 24.5 Å². The van der Waals surface area contributed by atoms with E-state index < -0.39 is 18.3 Å². The van der Waals surface area contributed by atoms with Gasteiger partial charge in [-0.1, -0.05) is 13.8 Å². The van der Waals surface area contributed by atoms with Crippen LogP contribution in [-0.4, -0.2) is 49.4 Å². The number of carbonyl (C=O) groups excluding carboxylic acids is 2. The Labute approximate surface area is 143 Å². The molecule has 136 valence electrons. The summed E-state index contributed by atoms with van der Waals surface area (Å²) in [6.45, 7) is 7.08. The van der Waals surface area contributed by atoms with Gasteiger partial charge in [0.15, 0.2) is 0 Å². The number of hydrogen-bond donors (Lipinski definition) is 3. The molecule has 24 heavy (non-hydrogen) atoms. The first kappa shape index (κ1) is 17.8. The van der Waals surface area contributed by atoms with E-state index >= 15 is 0 Å². The molecule has 0 aromatic carbocycles. The van der Waals surface area contributed by atoms with E-state index in [-0.39, 0.29) is 29.7 Å². The normalized spacial score (nSPS) is 42.4. The van der Waals surface area contributed by atoms with Gasteiger partial charge in [0.05, 0.1) is 30.7 Å². The van der Waals surface area contributed by atoms with Crippen molar-refractivity contribution in [2.75, 3.05) is 13.2 Å². The van der Waals surface area contributed by atoms with Crippen LogP contribution in [0, 0.1) is 23.7 Å². The van der Waals surface area contributed by atoms with Crippen LogP contribution in [0.25, 0.3) is 0 Å². The van der Waals surface area contributed by atoms with Gasteiger partial charge in [-0.15, -0.1) is 0 Å². The van der Waals surface area contributed by atoms with Crippen molar-refractivity contribution in [3.8, 4) is 0 Å². The minimum Gasteiger partial charge on any atom is -0.466 e. The number of hydrogen-bond acceptors (Lipinski definition) is 7. The van der Waals surface area contributed by atoms with E-state index in [1.165, 1.54) is 0 Å². The van der Waals surface area contributed by atoms with Crippen molar-refractivity contribution in [2.45, 2.75) is 58.2 Å². The Hall–Kier alpha value is -1.02. The maximum absolute atomic E-state index is 13.1. The lowest BCUT2D eigenvalue weighted by molar-refractivity contribution is -0.182. The van der Waals surface area contributed by atoms with Crippen molar-refractivity contribution < 1.29 is 19.1 Å². The van der Waals surface area contributed by atoms with Gasteiger partial charge < -0.3 is 20.5 Å².